The maximum absolute atomic E-state index is 6.06. The van der Waals surface area contributed by atoms with Crippen LogP contribution in [0.1, 0.15) is 32.1 Å². The molecule has 0 aromatic heterocycles. The van der Waals surface area contributed by atoms with Gasteiger partial charge in [0.1, 0.15) is 0 Å². The molecule has 2 N–H and O–H groups in total. The quantitative estimate of drug-likeness (QED) is 0.540. The summed E-state index contributed by atoms with van der Waals surface area (Å²) < 4.78 is 0. The molecule has 2 heteroatoms. The fourth-order valence-corrected chi connectivity index (χ4v) is 2.80. The van der Waals surface area contributed by atoms with E-state index in [-0.39, 0.29) is 0 Å². The van der Waals surface area contributed by atoms with Gasteiger partial charge in [0.15, 0.2) is 0 Å². The van der Waals surface area contributed by atoms with E-state index in [0.717, 1.165) is 5.75 Å². The van der Waals surface area contributed by atoms with E-state index in [9.17, 15) is 0 Å². The van der Waals surface area contributed by atoms with E-state index in [1.165, 1.54) is 32.1 Å². The van der Waals surface area contributed by atoms with Crippen molar-refractivity contribution in [2.24, 2.45) is 5.73 Å². The van der Waals surface area contributed by atoms with Crippen LogP contribution in [0, 0.1) is 0 Å². The van der Waals surface area contributed by atoms with Gasteiger partial charge < -0.3 is 5.73 Å². The average Bonchev–Trinajstić information content (AvgIpc) is 2.27. The Kier molecular flexibility index (Phi) is 4.77. The third-order valence-corrected chi connectivity index (χ3v) is 3.87. The van der Waals surface area contributed by atoms with Crippen LogP contribution >= 0.6 is 11.8 Å². The molecule has 1 aliphatic carbocycles. The maximum atomic E-state index is 6.06. The van der Waals surface area contributed by atoms with Crippen molar-refractivity contribution < 1.29 is 0 Å². The summed E-state index contributed by atoms with van der Waals surface area (Å²) >= 11 is 1.98. The largest absolute Gasteiger partial charge is 0.327 e. The van der Waals surface area contributed by atoms with Gasteiger partial charge in [0.25, 0.3) is 0 Å². The van der Waals surface area contributed by atoms with Gasteiger partial charge in [-0.25, -0.2) is 0 Å². The van der Waals surface area contributed by atoms with Crippen LogP contribution in [0.25, 0.3) is 0 Å². The normalized spacial score (nSPS) is 31.1. The Morgan fingerprint density at radius 3 is 2.83 bits per heavy atom. The molecule has 0 saturated heterocycles. The molecule has 1 aliphatic rings. The molecule has 0 heterocycles. The highest BCUT2D eigenvalue weighted by Gasteiger charge is 2.19. The highest BCUT2D eigenvalue weighted by Crippen LogP contribution is 2.26. The molecule has 0 bridgehead atoms. The number of thioether (sulfide) groups is 1. The SMILES string of the molecule is C=CCSC1CCCCCC1N. The lowest BCUT2D eigenvalue weighted by Gasteiger charge is -2.19. The predicted molar refractivity (Wildman–Crippen MR) is 57.5 cm³/mol. The molecule has 1 fully saturated rings. The number of hydrogen-bond donors (Lipinski definition) is 1. The van der Waals surface area contributed by atoms with E-state index >= 15 is 0 Å². The second kappa shape index (κ2) is 5.65. The molecule has 2 unspecified atom stereocenters. The van der Waals surface area contributed by atoms with Crippen LogP contribution in [0.3, 0.4) is 0 Å². The lowest BCUT2D eigenvalue weighted by atomic mass is 10.1. The topological polar surface area (TPSA) is 26.0 Å². The van der Waals surface area contributed by atoms with E-state index in [1.807, 2.05) is 17.8 Å². The summed E-state index contributed by atoms with van der Waals surface area (Å²) in [7, 11) is 0. The maximum Gasteiger partial charge on any atom is 0.0202 e. The van der Waals surface area contributed by atoms with E-state index in [0.29, 0.717) is 11.3 Å². The van der Waals surface area contributed by atoms with Crippen LogP contribution in [0.15, 0.2) is 12.7 Å². The van der Waals surface area contributed by atoms with Gasteiger partial charge in [-0.05, 0) is 12.8 Å². The van der Waals surface area contributed by atoms with Gasteiger partial charge in [0.05, 0.1) is 0 Å². The van der Waals surface area contributed by atoms with Crippen LogP contribution in [0.4, 0.5) is 0 Å². The molecule has 0 aromatic rings. The Bertz CT molecular complexity index is 136. The monoisotopic (exact) mass is 185 g/mol. The lowest BCUT2D eigenvalue weighted by molar-refractivity contribution is 0.597. The van der Waals surface area contributed by atoms with Crippen molar-refractivity contribution in [3.05, 3.63) is 12.7 Å². The Hall–Kier alpha value is 0.0500. The summed E-state index contributed by atoms with van der Waals surface area (Å²) in [6.07, 6.45) is 8.56. The van der Waals surface area contributed by atoms with E-state index in [1.54, 1.807) is 0 Å². The van der Waals surface area contributed by atoms with Crippen molar-refractivity contribution in [3.63, 3.8) is 0 Å². The average molecular weight is 185 g/mol. The molecule has 12 heavy (non-hydrogen) atoms. The smallest absolute Gasteiger partial charge is 0.0202 e. The van der Waals surface area contributed by atoms with Crippen molar-refractivity contribution in [2.75, 3.05) is 5.75 Å². The van der Waals surface area contributed by atoms with Gasteiger partial charge in [-0.3, -0.25) is 0 Å². The second-order valence-electron chi connectivity index (χ2n) is 3.46. The van der Waals surface area contributed by atoms with Crippen LogP contribution in [0.2, 0.25) is 0 Å². The summed E-state index contributed by atoms with van der Waals surface area (Å²) in [5.41, 5.74) is 6.06. The fourth-order valence-electron chi connectivity index (χ4n) is 1.70. The van der Waals surface area contributed by atoms with Gasteiger partial charge >= 0.3 is 0 Å². The number of nitrogens with two attached hydrogens (primary N) is 1. The molecule has 0 spiro atoms. The van der Waals surface area contributed by atoms with E-state index in [2.05, 4.69) is 6.58 Å². The summed E-state index contributed by atoms with van der Waals surface area (Å²) in [6, 6.07) is 0.428. The minimum atomic E-state index is 0.428. The van der Waals surface area contributed by atoms with Gasteiger partial charge in [0.2, 0.25) is 0 Å². The zero-order valence-corrected chi connectivity index (χ0v) is 8.48. The third-order valence-electron chi connectivity index (χ3n) is 2.43. The van der Waals surface area contributed by atoms with Crippen LogP contribution < -0.4 is 5.73 Å². The van der Waals surface area contributed by atoms with E-state index in [4.69, 9.17) is 5.73 Å². The van der Waals surface area contributed by atoms with E-state index < -0.39 is 0 Å². The molecule has 0 aromatic carbocycles. The Morgan fingerprint density at radius 2 is 2.08 bits per heavy atom. The van der Waals surface area contributed by atoms with Crippen molar-refractivity contribution >= 4 is 11.8 Å². The number of rotatable bonds is 3. The van der Waals surface area contributed by atoms with Crippen molar-refractivity contribution in [2.45, 2.75) is 43.4 Å². The molecule has 1 saturated carbocycles. The molecule has 0 aliphatic heterocycles. The van der Waals surface area contributed by atoms with Crippen LogP contribution in [-0.2, 0) is 0 Å². The lowest BCUT2D eigenvalue weighted by Crippen LogP contribution is -2.31. The first kappa shape index (κ1) is 10.1. The standard InChI is InChI=1S/C10H19NS/c1-2-8-12-10-7-5-3-4-6-9(10)11/h2,9-10H,1,3-8,11H2. The zero-order chi connectivity index (χ0) is 8.81. The summed E-state index contributed by atoms with van der Waals surface area (Å²) in [4.78, 5) is 0. The fraction of sp³-hybridized carbons (Fsp3) is 0.800. The molecule has 0 radical (unpaired) electrons. The highest BCUT2D eigenvalue weighted by atomic mass is 32.2. The highest BCUT2D eigenvalue weighted by molar-refractivity contribution is 8.00. The molecule has 1 nitrogen and oxygen atoms in total. The van der Waals surface area contributed by atoms with Gasteiger partial charge in [-0.2, -0.15) is 11.8 Å². The minimum Gasteiger partial charge on any atom is -0.327 e. The Morgan fingerprint density at radius 1 is 1.33 bits per heavy atom. The Labute approximate surface area is 79.8 Å². The second-order valence-corrected chi connectivity index (χ2v) is 4.73. The molecule has 0 amide bonds. The molecule has 1 rings (SSSR count). The summed E-state index contributed by atoms with van der Waals surface area (Å²) in [5, 5.41) is 0.686. The van der Waals surface area contributed by atoms with Crippen LogP contribution in [0.5, 0.6) is 0 Å². The van der Waals surface area contributed by atoms with Gasteiger partial charge in [0, 0.05) is 17.0 Å². The number of hydrogen-bond acceptors (Lipinski definition) is 2. The first-order chi connectivity index (χ1) is 5.84. The Balaban J connectivity index is 2.31. The third kappa shape index (κ3) is 3.20. The molecular formula is C10H19NS. The molecular weight excluding hydrogens is 166 g/mol. The van der Waals surface area contributed by atoms with Crippen molar-refractivity contribution in [1.82, 2.24) is 0 Å². The zero-order valence-electron chi connectivity index (χ0n) is 7.67. The van der Waals surface area contributed by atoms with Gasteiger partial charge in [-0.15, -0.1) is 6.58 Å². The first-order valence-corrected chi connectivity index (χ1v) is 5.87. The predicted octanol–water partition coefficient (Wildman–Crippen LogP) is 2.57. The summed E-state index contributed by atoms with van der Waals surface area (Å²) in [5.74, 6) is 1.05. The van der Waals surface area contributed by atoms with Gasteiger partial charge in [-0.1, -0.05) is 25.3 Å². The first-order valence-electron chi connectivity index (χ1n) is 4.82. The summed E-state index contributed by atoms with van der Waals surface area (Å²) in [6.45, 7) is 3.73. The molecule has 70 valence electrons. The molecule has 2 atom stereocenters. The van der Waals surface area contributed by atoms with Crippen molar-refractivity contribution in [1.29, 1.82) is 0 Å². The minimum absolute atomic E-state index is 0.428. The van der Waals surface area contributed by atoms with Crippen LogP contribution in [-0.4, -0.2) is 17.0 Å². The van der Waals surface area contributed by atoms with Crippen molar-refractivity contribution in [3.8, 4) is 0 Å².